The van der Waals surface area contributed by atoms with E-state index >= 15 is 0 Å². The number of fused-ring (bicyclic) bond motifs is 2. The van der Waals surface area contributed by atoms with Crippen LogP contribution in [0, 0.1) is 0 Å². The van der Waals surface area contributed by atoms with Crippen molar-refractivity contribution in [1.82, 2.24) is 0 Å². The third-order valence-corrected chi connectivity index (χ3v) is 4.23. The Morgan fingerprint density at radius 3 is 1.95 bits per heavy atom. The highest BCUT2D eigenvalue weighted by molar-refractivity contribution is 6.39. The second-order valence-electron chi connectivity index (χ2n) is 6.30. The van der Waals surface area contributed by atoms with Crippen molar-refractivity contribution in [2.75, 3.05) is 0 Å². The number of carbonyl (C=O) groups excluding carboxylic acids is 2. The van der Waals surface area contributed by atoms with Gasteiger partial charge in [-0.25, -0.2) is 0 Å². The zero-order valence-corrected chi connectivity index (χ0v) is 12.9. The van der Waals surface area contributed by atoms with Crippen LogP contribution in [0.1, 0.15) is 58.2 Å². The van der Waals surface area contributed by atoms with E-state index in [2.05, 4.69) is 0 Å². The van der Waals surface area contributed by atoms with Gasteiger partial charge in [-0.15, -0.1) is 0 Å². The zero-order chi connectivity index (χ0) is 15.4. The summed E-state index contributed by atoms with van der Waals surface area (Å²) in [6.45, 7) is 6.09. The van der Waals surface area contributed by atoms with Crippen LogP contribution in [0.4, 0.5) is 0 Å². The summed E-state index contributed by atoms with van der Waals surface area (Å²) < 4.78 is 0. The summed E-state index contributed by atoms with van der Waals surface area (Å²) in [4.78, 5) is 25.3. The van der Waals surface area contributed by atoms with E-state index in [1.165, 1.54) is 0 Å². The highest BCUT2D eigenvalue weighted by Gasteiger charge is 2.33. The molecule has 0 saturated carbocycles. The minimum atomic E-state index is -0.188. The normalized spacial score (nSPS) is 13.9. The van der Waals surface area contributed by atoms with E-state index in [-0.39, 0.29) is 17.0 Å². The maximum atomic E-state index is 12.7. The SMILES string of the molecule is CC(C)(C)c1ccc2c(c1Cl)C(=O)c1ccccc1C2=O. The highest BCUT2D eigenvalue weighted by atomic mass is 35.5. The Morgan fingerprint density at radius 1 is 0.810 bits per heavy atom. The first-order valence-corrected chi connectivity index (χ1v) is 7.21. The van der Waals surface area contributed by atoms with Crippen LogP contribution in [0.25, 0.3) is 0 Å². The van der Waals surface area contributed by atoms with Crippen LogP contribution in [0.3, 0.4) is 0 Å². The largest absolute Gasteiger partial charge is 0.289 e. The summed E-state index contributed by atoms with van der Waals surface area (Å²) in [5.74, 6) is -0.307. The standard InChI is InChI=1S/C18H15ClO2/c1-18(2,3)13-9-8-12-14(15(13)19)17(21)11-7-5-4-6-10(11)16(12)20/h4-9H,1-3H3. The molecule has 0 N–H and O–H groups in total. The number of ketones is 2. The number of carbonyl (C=O) groups is 2. The minimum absolute atomic E-state index is 0.137. The second-order valence-corrected chi connectivity index (χ2v) is 6.68. The van der Waals surface area contributed by atoms with Gasteiger partial charge in [0.1, 0.15) is 0 Å². The van der Waals surface area contributed by atoms with Crippen LogP contribution in [0.15, 0.2) is 36.4 Å². The summed E-state index contributed by atoms with van der Waals surface area (Å²) in [6.07, 6.45) is 0. The van der Waals surface area contributed by atoms with Crippen molar-refractivity contribution in [3.8, 4) is 0 Å². The molecule has 3 heteroatoms. The number of hydrogen-bond acceptors (Lipinski definition) is 2. The first-order chi connectivity index (χ1) is 9.82. The Hall–Kier alpha value is -1.93. The van der Waals surface area contributed by atoms with Crippen molar-refractivity contribution < 1.29 is 9.59 Å². The fourth-order valence-corrected chi connectivity index (χ4v) is 3.26. The van der Waals surface area contributed by atoms with Gasteiger partial charge in [-0.05, 0) is 17.0 Å². The number of halogens is 1. The van der Waals surface area contributed by atoms with E-state index in [4.69, 9.17) is 11.6 Å². The van der Waals surface area contributed by atoms with Gasteiger partial charge < -0.3 is 0 Å². The fourth-order valence-electron chi connectivity index (χ4n) is 2.73. The molecule has 3 rings (SSSR count). The molecule has 2 nitrogen and oxygen atoms in total. The predicted molar refractivity (Wildman–Crippen MR) is 83.5 cm³/mol. The molecular weight excluding hydrogens is 284 g/mol. The molecule has 21 heavy (non-hydrogen) atoms. The average molecular weight is 299 g/mol. The average Bonchev–Trinajstić information content (AvgIpc) is 2.43. The van der Waals surface area contributed by atoms with E-state index in [0.717, 1.165) is 5.56 Å². The molecule has 0 amide bonds. The van der Waals surface area contributed by atoms with E-state index in [1.54, 1.807) is 30.3 Å². The van der Waals surface area contributed by atoms with Gasteiger partial charge in [-0.1, -0.05) is 62.7 Å². The minimum Gasteiger partial charge on any atom is -0.289 e. The summed E-state index contributed by atoms with van der Waals surface area (Å²) in [6, 6.07) is 10.5. The molecule has 1 aliphatic rings. The van der Waals surface area contributed by atoms with Crippen LogP contribution >= 0.6 is 11.6 Å². The Balaban J connectivity index is 2.32. The number of rotatable bonds is 0. The summed E-state index contributed by atoms with van der Waals surface area (Å²) in [5, 5.41) is 0.396. The molecule has 0 spiro atoms. The Morgan fingerprint density at radius 2 is 1.38 bits per heavy atom. The van der Waals surface area contributed by atoms with Gasteiger partial charge in [0.15, 0.2) is 11.6 Å². The first kappa shape index (κ1) is 14.0. The smallest absolute Gasteiger partial charge is 0.196 e. The molecule has 0 atom stereocenters. The van der Waals surface area contributed by atoms with Crippen LogP contribution in [0.5, 0.6) is 0 Å². The van der Waals surface area contributed by atoms with Crippen molar-refractivity contribution >= 4 is 23.2 Å². The zero-order valence-electron chi connectivity index (χ0n) is 12.2. The van der Waals surface area contributed by atoms with Crippen molar-refractivity contribution in [2.24, 2.45) is 0 Å². The molecule has 0 radical (unpaired) electrons. The summed E-state index contributed by atoms with van der Waals surface area (Å²) in [5.41, 5.74) is 2.32. The number of hydrogen-bond donors (Lipinski definition) is 0. The van der Waals surface area contributed by atoms with Gasteiger partial charge in [-0.2, -0.15) is 0 Å². The Kier molecular flexibility index (Phi) is 3.03. The van der Waals surface area contributed by atoms with Gasteiger partial charge in [0.25, 0.3) is 0 Å². The van der Waals surface area contributed by atoms with Gasteiger partial charge in [0.05, 0.1) is 10.6 Å². The number of benzene rings is 2. The van der Waals surface area contributed by atoms with E-state index in [0.29, 0.717) is 27.3 Å². The molecule has 1 aliphatic carbocycles. The third-order valence-electron chi connectivity index (χ3n) is 3.84. The molecule has 0 aliphatic heterocycles. The molecule has 2 aromatic rings. The summed E-state index contributed by atoms with van der Waals surface area (Å²) in [7, 11) is 0. The third kappa shape index (κ3) is 2.02. The van der Waals surface area contributed by atoms with Crippen molar-refractivity contribution in [3.63, 3.8) is 0 Å². The topological polar surface area (TPSA) is 34.1 Å². The Labute approximate surface area is 128 Å². The van der Waals surface area contributed by atoms with Crippen LogP contribution in [-0.4, -0.2) is 11.6 Å². The molecule has 2 aromatic carbocycles. The molecular formula is C18H15ClO2. The predicted octanol–water partition coefficient (Wildman–Crippen LogP) is 4.41. The quantitative estimate of drug-likeness (QED) is 0.616. The van der Waals surface area contributed by atoms with E-state index in [1.807, 2.05) is 26.8 Å². The fraction of sp³-hybridized carbons (Fsp3) is 0.222. The Bertz CT molecular complexity index is 782. The molecule has 106 valence electrons. The molecule has 0 bridgehead atoms. The highest BCUT2D eigenvalue weighted by Crippen LogP contribution is 2.38. The molecule has 0 saturated heterocycles. The summed E-state index contributed by atoms with van der Waals surface area (Å²) >= 11 is 6.46. The van der Waals surface area contributed by atoms with Crippen molar-refractivity contribution in [3.05, 3.63) is 69.2 Å². The van der Waals surface area contributed by atoms with Crippen LogP contribution < -0.4 is 0 Å². The molecule has 0 heterocycles. The lowest BCUT2D eigenvalue weighted by atomic mass is 9.79. The van der Waals surface area contributed by atoms with Gasteiger partial charge in [0, 0.05) is 16.7 Å². The lowest BCUT2D eigenvalue weighted by Gasteiger charge is -2.25. The van der Waals surface area contributed by atoms with Gasteiger partial charge in [0.2, 0.25) is 0 Å². The lowest BCUT2D eigenvalue weighted by Crippen LogP contribution is -2.23. The molecule has 0 unspecified atom stereocenters. The van der Waals surface area contributed by atoms with Crippen molar-refractivity contribution in [2.45, 2.75) is 26.2 Å². The van der Waals surface area contributed by atoms with Crippen LogP contribution in [0.2, 0.25) is 5.02 Å². The molecule has 0 aromatic heterocycles. The first-order valence-electron chi connectivity index (χ1n) is 6.84. The lowest BCUT2D eigenvalue weighted by molar-refractivity contribution is 0.0979. The van der Waals surface area contributed by atoms with Crippen LogP contribution in [-0.2, 0) is 5.41 Å². The molecule has 0 fully saturated rings. The monoisotopic (exact) mass is 298 g/mol. The van der Waals surface area contributed by atoms with Gasteiger partial charge in [-0.3, -0.25) is 9.59 Å². The van der Waals surface area contributed by atoms with Crippen molar-refractivity contribution in [1.29, 1.82) is 0 Å². The maximum Gasteiger partial charge on any atom is 0.196 e. The van der Waals surface area contributed by atoms with Gasteiger partial charge >= 0.3 is 0 Å². The van der Waals surface area contributed by atoms with E-state index in [9.17, 15) is 9.59 Å². The van der Waals surface area contributed by atoms with E-state index < -0.39 is 0 Å². The maximum absolute atomic E-state index is 12.7. The second kappa shape index (κ2) is 4.54.